The van der Waals surface area contributed by atoms with Gasteiger partial charge >= 0.3 is 0 Å². The number of rotatable bonds is 2. The molecule has 1 heteroatoms. The third kappa shape index (κ3) is 1.34. The minimum Gasteiger partial charge on any atom is -0.498 e. The quantitative estimate of drug-likeness (QED) is 0.573. The Kier molecular flexibility index (Phi) is 2.36. The lowest BCUT2D eigenvalue weighted by Gasteiger charge is -2.06. The highest BCUT2D eigenvalue weighted by Crippen LogP contribution is 2.27. The molecule has 10 heavy (non-hydrogen) atoms. The molecule has 1 heterocycles. The molecule has 0 aliphatic carbocycles. The summed E-state index contributed by atoms with van der Waals surface area (Å²) in [6, 6.07) is 0. The van der Waals surface area contributed by atoms with Crippen molar-refractivity contribution in [3.63, 3.8) is 0 Å². The van der Waals surface area contributed by atoms with E-state index in [4.69, 9.17) is 4.74 Å². The fraction of sp³-hybridized carbons (Fsp3) is 0.778. The van der Waals surface area contributed by atoms with Crippen molar-refractivity contribution >= 4 is 0 Å². The molecule has 0 bridgehead atoms. The van der Waals surface area contributed by atoms with Crippen molar-refractivity contribution in [2.24, 2.45) is 5.92 Å². The SMILES string of the molecule is CCC1=C(C(C)C)CCO1. The van der Waals surface area contributed by atoms with Crippen molar-refractivity contribution in [3.8, 4) is 0 Å². The van der Waals surface area contributed by atoms with Gasteiger partial charge in [0.25, 0.3) is 0 Å². The summed E-state index contributed by atoms with van der Waals surface area (Å²) in [4.78, 5) is 0. The molecule has 1 aliphatic rings. The molecule has 0 amide bonds. The first-order valence-corrected chi connectivity index (χ1v) is 4.10. The molecule has 0 spiro atoms. The number of allylic oxidation sites excluding steroid dienone is 1. The molecule has 58 valence electrons. The van der Waals surface area contributed by atoms with E-state index in [2.05, 4.69) is 20.8 Å². The van der Waals surface area contributed by atoms with E-state index in [0.29, 0.717) is 5.92 Å². The molecule has 0 aromatic carbocycles. The van der Waals surface area contributed by atoms with Gasteiger partial charge in [-0.1, -0.05) is 20.8 Å². The minimum atomic E-state index is 0.678. The van der Waals surface area contributed by atoms with Gasteiger partial charge in [0.15, 0.2) is 0 Å². The topological polar surface area (TPSA) is 9.23 Å². The van der Waals surface area contributed by atoms with Gasteiger partial charge < -0.3 is 4.74 Å². The first-order valence-electron chi connectivity index (χ1n) is 4.10. The largest absolute Gasteiger partial charge is 0.498 e. The Morgan fingerprint density at radius 3 is 2.60 bits per heavy atom. The van der Waals surface area contributed by atoms with Gasteiger partial charge in [-0.3, -0.25) is 0 Å². The molecule has 0 N–H and O–H groups in total. The standard InChI is InChI=1S/C9H16O/c1-4-9-8(7(2)3)5-6-10-9/h7H,4-6H2,1-3H3. The summed E-state index contributed by atoms with van der Waals surface area (Å²) in [5, 5.41) is 0. The molecule has 0 saturated carbocycles. The van der Waals surface area contributed by atoms with Crippen LogP contribution in [0.3, 0.4) is 0 Å². The highest BCUT2D eigenvalue weighted by atomic mass is 16.5. The van der Waals surface area contributed by atoms with E-state index in [1.165, 1.54) is 11.3 Å². The van der Waals surface area contributed by atoms with Crippen LogP contribution in [0, 0.1) is 5.92 Å². The second-order valence-electron chi connectivity index (χ2n) is 3.06. The van der Waals surface area contributed by atoms with E-state index >= 15 is 0 Å². The molecule has 0 aromatic heterocycles. The highest BCUT2D eigenvalue weighted by molar-refractivity contribution is 5.14. The van der Waals surface area contributed by atoms with Crippen molar-refractivity contribution in [1.29, 1.82) is 0 Å². The van der Waals surface area contributed by atoms with E-state index in [0.717, 1.165) is 19.4 Å². The Labute approximate surface area is 63.1 Å². The highest BCUT2D eigenvalue weighted by Gasteiger charge is 2.16. The van der Waals surface area contributed by atoms with Gasteiger partial charge in [0, 0.05) is 12.8 Å². The van der Waals surface area contributed by atoms with Crippen LogP contribution in [0.5, 0.6) is 0 Å². The van der Waals surface area contributed by atoms with Crippen LogP contribution in [0.2, 0.25) is 0 Å². The second kappa shape index (κ2) is 3.09. The Morgan fingerprint density at radius 1 is 1.50 bits per heavy atom. The first kappa shape index (κ1) is 7.64. The molecule has 0 aromatic rings. The summed E-state index contributed by atoms with van der Waals surface area (Å²) in [5.74, 6) is 1.92. The van der Waals surface area contributed by atoms with Gasteiger partial charge in [-0.25, -0.2) is 0 Å². The van der Waals surface area contributed by atoms with E-state index in [9.17, 15) is 0 Å². The van der Waals surface area contributed by atoms with Crippen LogP contribution in [0.1, 0.15) is 33.6 Å². The molecule has 0 saturated heterocycles. The van der Waals surface area contributed by atoms with E-state index in [1.54, 1.807) is 0 Å². The molecule has 1 aliphatic heterocycles. The molecular formula is C9H16O. The third-order valence-electron chi connectivity index (χ3n) is 2.02. The summed E-state index contributed by atoms with van der Waals surface area (Å²) < 4.78 is 5.46. The Hall–Kier alpha value is -0.460. The summed E-state index contributed by atoms with van der Waals surface area (Å²) in [6.07, 6.45) is 2.22. The van der Waals surface area contributed by atoms with Crippen LogP contribution in [0.15, 0.2) is 11.3 Å². The van der Waals surface area contributed by atoms with Gasteiger partial charge in [-0.15, -0.1) is 0 Å². The van der Waals surface area contributed by atoms with Crippen molar-refractivity contribution in [2.75, 3.05) is 6.61 Å². The summed E-state index contributed by atoms with van der Waals surface area (Å²) >= 11 is 0. The first-order chi connectivity index (χ1) is 4.75. The van der Waals surface area contributed by atoms with Crippen molar-refractivity contribution in [2.45, 2.75) is 33.6 Å². The zero-order valence-corrected chi connectivity index (χ0v) is 7.11. The maximum Gasteiger partial charge on any atom is 0.0952 e. The Morgan fingerprint density at radius 2 is 2.20 bits per heavy atom. The third-order valence-corrected chi connectivity index (χ3v) is 2.02. The molecule has 0 unspecified atom stereocenters. The Bertz CT molecular complexity index is 145. The van der Waals surface area contributed by atoms with Crippen molar-refractivity contribution in [3.05, 3.63) is 11.3 Å². The summed E-state index contributed by atoms with van der Waals surface area (Å²) in [6.45, 7) is 7.54. The summed E-state index contributed by atoms with van der Waals surface area (Å²) in [5.41, 5.74) is 1.53. The average molecular weight is 140 g/mol. The number of hydrogen-bond acceptors (Lipinski definition) is 1. The van der Waals surface area contributed by atoms with Crippen LogP contribution in [-0.2, 0) is 4.74 Å². The van der Waals surface area contributed by atoms with E-state index in [-0.39, 0.29) is 0 Å². The lowest BCUT2D eigenvalue weighted by Crippen LogP contribution is -1.93. The van der Waals surface area contributed by atoms with Crippen LogP contribution < -0.4 is 0 Å². The smallest absolute Gasteiger partial charge is 0.0952 e. The maximum absolute atomic E-state index is 5.46. The van der Waals surface area contributed by atoms with Crippen LogP contribution in [-0.4, -0.2) is 6.61 Å². The molecule has 1 nitrogen and oxygen atoms in total. The number of ether oxygens (including phenoxy) is 1. The maximum atomic E-state index is 5.46. The lowest BCUT2D eigenvalue weighted by atomic mass is 10.00. The lowest BCUT2D eigenvalue weighted by molar-refractivity contribution is 0.236. The number of hydrogen-bond donors (Lipinski definition) is 0. The van der Waals surface area contributed by atoms with E-state index < -0.39 is 0 Å². The zero-order chi connectivity index (χ0) is 7.56. The predicted octanol–water partition coefficient (Wildman–Crippen LogP) is 2.73. The minimum absolute atomic E-state index is 0.678. The monoisotopic (exact) mass is 140 g/mol. The van der Waals surface area contributed by atoms with Crippen LogP contribution in [0.25, 0.3) is 0 Å². The Balaban J connectivity index is 2.68. The summed E-state index contributed by atoms with van der Waals surface area (Å²) in [7, 11) is 0. The van der Waals surface area contributed by atoms with Crippen LogP contribution in [0.4, 0.5) is 0 Å². The zero-order valence-electron chi connectivity index (χ0n) is 7.11. The second-order valence-corrected chi connectivity index (χ2v) is 3.06. The molecule has 0 fully saturated rings. The fourth-order valence-corrected chi connectivity index (χ4v) is 1.46. The molecule has 0 radical (unpaired) electrons. The molecular weight excluding hydrogens is 124 g/mol. The molecule has 1 rings (SSSR count). The fourth-order valence-electron chi connectivity index (χ4n) is 1.46. The predicted molar refractivity (Wildman–Crippen MR) is 42.7 cm³/mol. The van der Waals surface area contributed by atoms with Gasteiger partial charge in [0.1, 0.15) is 0 Å². The van der Waals surface area contributed by atoms with Gasteiger partial charge in [-0.2, -0.15) is 0 Å². The van der Waals surface area contributed by atoms with Gasteiger partial charge in [0.05, 0.1) is 12.4 Å². The van der Waals surface area contributed by atoms with Crippen molar-refractivity contribution in [1.82, 2.24) is 0 Å². The van der Waals surface area contributed by atoms with Gasteiger partial charge in [0.2, 0.25) is 0 Å². The van der Waals surface area contributed by atoms with Crippen LogP contribution >= 0.6 is 0 Å². The van der Waals surface area contributed by atoms with Crippen molar-refractivity contribution < 1.29 is 4.74 Å². The van der Waals surface area contributed by atoms with Gasteiger partial charge in [-0.05, 0) is 11.5 Å². The average Bonchev–Trinajstić information content (AvgIpc) is 2.33. The molecule has 0 atom stereocenters. The normalized spacial score (nSPS) is 18.4. The van der Waals surface area contributed by atoms with E-state index in [1.807, 2.05) is 0 Å².